The standard InChI is InChI=1S/C16H27ClO4/c1-4-6-7-8-9-10-12-13(11-5-2)21-16(19)14(17)15(18)20-3/h5,11,13-14H,4,6-10,12H2,1-3H3/b11-5+. The molecule has 0 saturated heterocycles. The summed E-state index contributed by atoms with van der Waals surface area (Å²) in [5.41, 5.74) is 0. The summed E-state index contributed by atoms with van der Waals surface area (Å²) in [4.78, 5) is 22.9. The number of carbonyl (C=O) groups is 2. The third kappa shape index (κ3) is 9.51. The average Bonchev–Trinajstić information content (AvgIpc) is 2.49. The van der Waals surface area contributed by atoms with Crippen molar-refractivity contribution in [1.29, 1.82) is 0 Å². The fourth-order valence-electron chi connectivity index (χ4n) is 1.94. The third-order valence-corrected chi connectivity index (χ3v) is 3.49. The second-order valence-electron chi connectivity index (χ2n) is 4.94. The molecule has 5 heteroatoms. The van der Waals surface area contributed by atoms with Gasteiger partial charge in [0.1, 0.15) is 6.10 Å². The number of unbranched alkanes of at least 4 members (excludes halogenated alkanes) is 5. The molecule has 0 spiro atoms. The monoisotopic (exact) mass is 318 g/mol. The Bertz CT molecular complexity index is 328. The number of rotatable bonds is 11. The van der Waals surface area contributed by atoms with Gasteiger partial charge in [0.05, 0.1) is 7.11 Å². The smallest absolute Gasteiger partial charge is 0.336 e. The van der Waals surface area contributed by atoms with Gasteiger partial charge in [-0.25, -0.2) is 9.59 Å². The van der Waals surface area contributed by atoms with Crippen LogP contribution in [0.1, 0.15) is 58.8 Å². The number of halogens is 1. The van der Waals surface area contributed by atoms with Crippen molar-refractivity contribution < 1.29 is 19.1 Å². The molecule has 4 nitrogen and oxygen atoms in total. The Morgan fingerprint density at radius 3 is 2.29 bits per heavy atom. The second kappa shape index (κ2) is 12.7. The van der Waals surface area contributed by atoms with Gasteiger partial charge in [0.15, 0.2) is 0 Å². The van der Waals surface area contributed by atoms with Gasteiger partial charge < -0.3 is 9.47 Å². The highest BCUT2D eigenvalue weighted by Crippen LogP contribution is 2.13. The van der Waals surface area contributed by atoms with E-state index in [0.717, 1.165) is 19.3 Å². The first-order chi connectivity index (χ1) is 10.1. The van der Waals surface area contributed by atoms with Gasteiger partial charge in [-0.3, -0.25) is 0 Å². The van der Waals surface area contributed by atoms with Crippen LogP contribution < -0.4 is 0 Å². The fraction of sp³-hybridized carbons (Fsp3) is 0.750. The van der Waals surface area contributed by atoms with E-state index in [9.17, 15) is 9.59 Å². The van der Waals surface area contributed by atoms with E-state index in [4.69, 9.17) is 16.3 Å². The van der Waals surface area contributed by atoms with Crippen LogP contribution in [-0.4, -0.2) is 30.5 Å². The van der Waals surface area contributed by atoms with E-state index in [0.29, 0.717) is 0 Å². The van der Waals surface area contributed by atoms with Crippen LogP contribution in [0.4, 0.5) is 0 Å². The molecule has 0 amide bonds. The zero-order chi connectivity index (χ0) is 16.1. The maximum Gasteiger partial charge on any atom is 0.336 e. The van der Waals surface area contributed by atoms with Crippen molar-refractivity contribution >= 4 is 23.5 Å². The highest BCUT2D eigenvalue weighted by Gasteiger charge is 2.28. The van der Waals surface area contributed by atoms with Gasteiger partial charge >= 0.3 is 11.9 Å². The van der Waals surface area contributed by atoms with E-state index in [1.165, 1.54) is 32.8 Å². The molecule has 0 N–H and O–H groups in total. The van der Waals surface area contributed by atoms with E-state index in [1.807, 2.05) is 19.1 Å². The SMILES string of the molecule is C/C=C/C(CCCCCCCC)OC(=O)C(Cl)C(=O)OC. The normalized spacial score (nSPS) is 13.9. The van der Waals surface area contributed by atoms with Crippen molar-refractivity contribution in [2.45, 2.75) is 70.3 Å². The summed E-state index contributed by atoms with van der Waals surface area (Å²) < 4.78 is 9.67. The van der Waals surface area contributed by atoms with E-state index in [-0.39, 0.29) is 6.10 Å². The quantitative estimate of drug-likeness (QED) is 0.190. The molecule has 0 heterocycles. The molecular weight excluding hydrogens is 292 g/mol. The van der Waals surface area contributed by atoms with Crippen molar-refractivity contribution in [3.63, 3.8) is 0 Å². The summed E-state index contributed by atoms with van der Waals surface area (Å²) in [5.74, 6) is -1.54. The molecule has 0 aromatic rings. The lowest BCUT2D eigenvalue weighted by atomic mass is 10.1. The maximum absolute atomic E-state index is 11.7. The molecule has 2 atom stereocenters. The maximum atomic E-state index is 11.7. The molecule has 0 aliphatic heterocycles. The molecule has 0 aliphatic rings. The molecule has 0 saturated carbocycles. The first kappa shape index (κ1) is 20.0. The van der Waals surface area contributed by atoms with Gasteiger partial charge in [0, 0.05) is 0 Å². The predicted molar refractivity (Wildman–Crippen MR) is 84.3 cm³/mol. The Balaban J connectivity index is 4.12. The Hall–Kier alpha value is -1.03. The van der Waals surface area contributed by atoms with Gasteiger partial charge in [-0.2, -0.15) is 0 Å². The molecule has 21 heavy (non-hydrogen) atoms. The van der Waals surface area contributed by atoms with Crippen LogP contribution in [0.25, 0.3) is 0 Å². The topological polar surface area (TPSA) is 52.6 Å². The molecule has 0 radical (unpaired) electrons. The third-order valence-electron chi connectivity index (χ3n) is 3.13. The fourth-order valence-corrected chi connectivity index (χ4v) is 2.08. The number of allylic oxidation sites excluding steroid dienone is 1. The molecule has 0 fully saturated rings. The largest absolute Gasteiger partial charge is 0.467 e. The summed E-state index contributed by atoms with van der Waals surface area (Å²) in [7, 11) is 1.19. The van der Waals surface area contributed by atoms with Crippen molar-refractivity contribution in [2.75, 3.05) is 7.11 Å². The average molecular weight is 319 g/mol. The minimum Gasteiger partial charge on any atom is -0.467 e. The zero-order valence-electron chi connectivity index (χ0n) is 13.3. The number of hydrogen-bond donors (Lipinski definition) is 0. The summed E-state index contributed by atoms with van der Waals surface area (Å²) in [6.45, 7) is 4.05. The van der Waals surface area contributed by atoms with Crippen molar-refractivity contribution in [1.82, 2.24) is 0 Å². The molecule has 0 rings (SSSR count). The van der Waals surface area contributed by atoms with Crippen LogP contribution in [0.15, 0.2) is 12.2 Å². The summed E-state index contributed by atoms with van der Waals surface area (Å²) >= 11 is 5.67. The number of hydrogen-bond acceptors (Lipinski definition) is 4. The van der Waals surface area contributed by atoms with Crippen LogP contribution in [0.5, 0.6) is 0 Å². The molecule has 0 bridgehead atoms. The molecule has 122 valence electrons. The van der Waals surface area contributed by atoms with Crippen LogP contribution in [0, 0.1) is 0 Å². The number of alkyl halides is 1. The van der Waals surface area contributed by atoms with Gasteiger partial charge in [-0.05, 0) is 25.8 Å². The molecule has 2 unspecified atom stereocenters. The Labute approximate surface area is 132 Å². The highest BCUT2D eigenvalue weighted by molar-refractivity contribution is 6.39. The van der Waals surface area contributed by atoms with Crippen molar-refractivity contribution in [3.05, 3.63) is 12.2 Å². The summed E-state index contributed by atoms with van der Waals surface area (Å²) in [6.07, 6.45) is 11.1. The minimum atomic E-state index is -1.40. The van der Waals surface area contributed by atoms with Crippen LogP contribution in [0.2, 0.25) is 0 Å². The lowest BCUT2D eigenvalue weighted by Gasteiger charge is -2.16. The molecule has 0 aromatic carbocycles. The van der Waals surface area contributed by atoms with Crippen LogP contribution in [-0.2, 0) is 19.1 Å². The van der Waals surface area contributed by atoms with Crippen LogP contribution >= 0.6 is 11.6 Å². The summed E-state index contributed by atoms with van der Waals surface area (Å²) in [6, 6.07) is 0. The molecule has 0 aromatic heterocycles. The van der Waals surface area contributed by atoms with Gasteiger partial charge in [-0.1, -0.05) is 56.7 Å². The number of carbonyl (C=O) groups excluding carboxylic acids is 2. The first-order valence-corrected chi connectivity index (χ1v) is 8.05. The van der Waals surface area contributed by atoms with Crippen molar-refractivity contribution in [2.24, 2.45) is 0 Å². The van der Waals surface area contributed by atoms with Gasteiger partial charge in [0.2, 0.25) is 5.38 Å². The first-order valence-electron chi connectivity index (χ1n) is 7.62. The van der Waals surface area contributed by atoms with Gasteiger partial charge in [-0.15, -0.1) is 0 Å². The number of esters is 2. The van der Waals surface area contributed by atoms with Gasteiger partial charge in [0.25, 0.3) is 0 Å². The van der Waals surface area contributed by atoms with Crippen molar-refractivity contribution in [3.8, 4) is 0 Å². The molecule has 0 aliphatic carbocycles. The number of ether oxygens (including phenoxy) is 2. The Morgan fingerprint density at radius 1 is 1.10 bits per heavy atom. The van der Waals surface area contributed by atoms with E-state index < -0.39 is 17.3 Å². The van der Waals surface area contributed by atoms with E-state index >= 15 is 0 Å². The molecular formula is C16H27ClO4. The zero-order valence-corrected chi connectivity index (χ0v) is 14.0. The second-order valence-corrected chi connectivity index (χ2v) is 5.38. The number of methoxy groups -OCH3 is 1. The lowest BCUT2D eigenvalue weighted by molar-refractivity contribution is -0.154. The Kier molecular flexibility index (Phi) is 12.1. The summed E-state index contributed by atoms with van der Waals surface area (Å²) in [5, 5.41) is -1.40. The van der Waals surface area contributed by atoms with E-state index in [1.54, 1.807) is 0 Å². The predicted octanol–water partition coefficient (Wildman–Crippen LogP) is 4.01. The minimum absolute atomic E-state index is 0.334. The van der Waals surface area contributed by atoms with Crippen LogP contribution in [0.3, 0.4) is 0 Å². The Morgan fingerprint density at radius 2 is 1.71 bits per heavy atom. The van der Waals surface area contributed by atoms with E-state index in [2.05, 4.69) is 11.7 Å². The lowest BCUT2D eigenvalue weighted by Crippen LogP contribution is -2.30. The highest BCUT2D eigenvalue weighted by atomic mass is 35.5.